The maximum atomic E-state index is 12.5. The monoisotopic (exact) mass is 578 g/mol. The molecule has 1 amide bonds. The number of allylic oxidation sites excluding steroid dienone is 3. The summed E-state index contributed by atoms with van der Waals surface area (Å²) >= 11 is 0. The largest absolute Gasteiger partial charge is 0.480 e. The standard InChI is InChI=1S/C34H62N2O5/c1-3-5-7-9-11-13-15-19-24-30(41-33(38)28-22-16-14-12-10-8-6-4-2)25-20-17-18-21-27-32(37)36-31(34(39)40)26-23-29-35/h11,13,19,24,30-31H,3-10,12,14-18,20-23,25-29,35H2,1-2H3,(H,36,37)(H,39,40)/b13-11-,24-19-. The Kier molecular flexibility index (Phi) is 27.8. The van der Waals surface area contributed by atoms with Gasteiger partial charge in [0.1, 0.15) is 12.1 Å². The second-order valence-electron chi connectivity index (χ2n) is 11.2. The molecule has 0 saturated heterocycles. The maximum absolute atomic E-state index is 12.5. The van der Waals surface area contributed by atoms with E-state index in [1.807, 2.05) is 6.08 Å². The van der Waals surface area contributed by atoms with Crippen LogP contribution in [0.25, 0.3) is 0 Å². The van der Waals surface area contributed by atoms with Crippen molar-refractivity contribution in [2.75, 3.05) is 6.54 Å². The van der Waals surface area contributed by atoms with Gasteiger partial charge in [0.2, 0.25) is 5.91 Å². The van der Waals surface area contributed by atoms with Gasteiger partial charge in [0.05, 0.1) is 0 Å². The minimum Gasteiger partial charge on any atom is -0.480 e. The number of carbonyl (C=O) groups excluding carboxylic acids is 2. The van der Waals surface area contributed by atoms with Crippen LogP contribution in [0.1, 0.15) is 155 Å². The number of carboxylic acid groups (broad SMARTS) is 1. The first-order valence-electron chi connectivity index (χ1n) is 16.7. The number of esters is 1. The highest BCUT2D eigenvalue weighted by Gasteiger charge is 2.18. The zero-order valence-corrected chi connectivity index (χ0v) is 26.4. The van der Waals surface area contributed by atoms with Gasteiger partial charge in [0, 0.05) is 12.8 Å². The maximum Gasteiger partial charge on any atom is 0.326 e. The third-order valence-corrected chi connectivity index (χ3v) is 7.25. The SMILES string of the molecule is CCCCC/C=C\C/C=C\C(CCCCCCC(=O)NC(CCCN)C(=O)O)OC(=O)CCCCCCCCCC. The van der Waals surface area contributed by atoms with E-state index in [0.29, 0.717) is 38.6 Å². The van der Waals surface area contributed by atoms with Crippen LogP contribution < -0.4 is 11.1 Å². The van der Waals surface area contributed by atoms with Crippen molar-refractivity contribution < 1.29 is 24.2 Å². The van der Waals surface area contributed by atoms with Crippen LogP contribution in [-0.4, -0.2) is 41.6 Å². The number of amides is 1. The first kappa shape index (κ1) is 38.9. The first-order valence-corrected chi connectivity index (χ1v) is 16.7. The van der Waals surface area contributed by atoms with Crippen LogP contribution >= 0.6 is 0 Å². The lowest BCUT2D eigenvalue weighted by molar-refractivity contribution is -0.147. The van der Waals surface area contributed by atoms with Crippen LogP contribution in [0.5, 0.6) is 0 Å². The highest BCUT2D eigenvalue weighted by molar-refractivity contribution is 5.83. The zero-order chi connectivity index (χ0) is 30.4. The molecule has 41 heavy (non-hydrogen) atoms. The minimum atomic E-state index is -1.02. The van der Waals surface area contributed by atoms with Gasteiger partial charge in [-0.2, -0.15) is 0 Å². The molecule has 0 bridgehead atoms. The number of unbranched alkanes of at least 4 members (excludes halogenated alkanes) is 13. The number of nitrogens with two attached hydrogens (primary N) is 1. The molecule has 7 heteroatoms. The molecule has 0 heterocycles. The second-order valence-corrected chi connectivity index (χ2v) is 11.2. The first-order chi connectivity index (χ1) is 19.9. The zero-order valence-electron chi connectivity index (χ0n) is 26.4. The van der Waals surface area contributed by atoms with Crippen molar-refractivity contribution in [1.82, 2.24) is 5.32 Å². The number of carbonyl (C=O) groups is 3. The van der Waals surface area contributed by atoms with Crippen LogP contribution in [0.2, 0.25) is 0 Å². The van der Waals surface area contributed by atoms with E-state index in [2.05, 4.69) is 37.4 Å². The highest BCUT2D eigenvalue weighted by atomic mass is 16.5. The van der Waals surface area contributed by atoms with Crippen LogP contribution in [0.15, 0.2) is 24.3 Å². The van der Waals surface area contributed by atoms with E-state index in [1.165, 1.54) is 57.8 Å². The van der Waals surface area contributed by atoms with E-state index in [4.69, 9.17) is 10.5 Å². The van der Waals surface area contributed by atoms with Crippen LogP contribution in [-0.2, 0) is 19.1 Å². The molecule has 0 rings (SSSR count). The summed E-state index contributed by atoms with van der Waals surface area (Å²) in [4.78, 5) is 35.9. The van der Waals surface area contributed by atoms with Gasteiger partial charge in [-0.05, 0) is 70.4 Å². The summed E-state index contributed by atoms with van der Waals surface area (Å²) in [6.45, 7) is 4.84. The molecule has 0 aromatic carbocycles. The van der Waals surface area contributed by atoms with Crippen molar-refractivity contribution in [2.45, 2.75) is 167 Å². The Balaban J connectivity index is 4.43. The highest BCUT2D eigenvalue weighted by Crippen LogP contribution is 2.15. The number of hydrogen-bond donors (Lipinski definition) is 3. The molecule has 0 spiro atoms. The quantitative estimate of drug-likeness (QED) is 0.0468. The van der Waals surface area contributed by atoms with Crippen molar-refractivity contribution >= 4 is 17.8 Å². The van der Waals surface area contributed by atoms with Gasteiger partial charge in [-0.1, -0.05) is 103 Å². The minimum absolute atomic E-state index is 0.111. The number of hydrogen-bond acceptors (Lipinski definition) is 5. The van der Waals surface area contributed by atoms with Crippen molar-refractivity contribution in [1.29, 1.82) is 0 Å². The Morgan fingerprint density at radius 2 is 1.34 bits per heavy atom. The van der Waals surface area contributed by atoms with Crippen molar-refractivity contribution in [3.05, 3.63) is 24.3 Å². The molecule has 0 aliphatic carbocycles. The van der Waals surface area contributed by atoms with E-state index in [0.717, 1.165) is 51.4 Å². The van der Waals surface area contributed by atoms with Crippen molar-refractivity contribution in [3.8, 4) is 0 Å². The van der Waals surface area contributed by atoms with Crippen LogP contribution in [0.4, 0.5) is 0 Å². The number of ether oxygens (including phenoxy) is 1. The van der Waals surface area contributed by atoms with E-state index in [-0.39, 0.29) is 18.0 Å². The Hall–Kier alpha value is -2.15. The number of nitrogens with one attached hydrogen (secondary N) is 1. The summed E-state index contributed by atoms with van der Waals surface area (Å²) < 4.78 is 5.83. The Morgan fingerprint density at radius 3 is 2.00 bits per heavy atom. The van der Waals surface area contributed by atoms with Gasteiger partial charge in [-0.15, -0.1) is 0 Å². The molecular weight excluding hydrogens is 516 g/mol. The van der Waals surface area contributed by atoms with E-state index in [1.54, 1.807) is 0 Å². The van der Waals surface area contributed by atoms with Gasteiger partial charge < -0.3 is 20.9 Å². The summed E-state index contributed by atoms with van der Waals surface area (Å²) in [5, 5.41) is 11.8. The van der Waals surface area contributed by atoms with Crippen LogP contribution in [0.3, 0.4) is 0 Å². The lowest BCUT2D eigenvalue weighted by atomic mass is 10.1. The molecule has 0 aromatic rings. The van der Waals surface area contributed by atoms with Gasteiger partial charge in [-0.3, -0.25) is 9.59 Å². The molecule has 0 aromatic heterocycles. The lowest BCUT2D eigenvalue weighted by Gasteiger charge is -2.15. The predicted molar refractivity (Wildman–Crippen MR) is 170 cm³/mol. The summed E-state index contributed by atoms with van der Waals surface area (Å²) in [6, 6.07) is -0.870. The fourth-order valence-corrected chi connectivity index (χ4v) is 4.69. The number of rotatable bonds is 29. The fourth-order valence-electron chi connectivity index (χ4n) is 4.69. The third-order valence-electron chi connectivity index (χ3n) is 7.25. The summed E-state index contributed by atoms with van der Waals surface area (Å²) in [5.41, 5.74) is 5.45. The summed E-state index contributed by atoms with van der Waals surface area (Å²) in [7, 11) is 0. The molecule has 0 fully saturated rings. The molecule has 0 aliphatic heterocycles. The number of carboxylic acids is 1. The molecule has 0 saturated carbocycles. The van der Waals surface area contributed by atoms with Crippen molar-refractivity contribution in [3.63, 3.8) is 0 Å². The molecule has 2 atom stereocenters. The predicted octanol–water partition coefficient (Wildman–Crippen LogP) is 8.16. The van der Waals surface area contributed by atoms with Gasteiger partial charge in [0.25, 0.3) is 0 Å². The summed E-state index contributed by atoms with van der Waals surface area (Å²) in [6.07, 6.45) is 29.5. The lowest BCUT2D eigenvalue weighted by Crippen LogP contribution is -2.40. The topological polar surface area (TPSA) is 119 Å². The van der Waals surface area contributed by atoms with E-state index in [9.17, 15) is 19.5 Å². The smallest absolute Gasteiger partial charge is 0.326 e. The average Bonchev–Trinajstić information content (AvgIpc) is 2.95. The van der Waals surface area contributed by atoms with Gasteiger partial charge in [0.15, 0.2) is 0 Å². The molecule has 7 nitrogen and oxygen atoms in total. The molecule has 238 valence electrons. The second kappa shape index (κ2) is 29.3. The third kappa shape index (κ3) is 26.5. The van der Waals surface area contributed by atoms with E-state index >= 15 is 0 Å². The fraction of sp³-hybridized carbons (Fsp3) is 0.794. The van der Waals surface area contributed by atoms with Crippen molar-refractivity contribution in [2.24, 2.45) is 5.73 Å². The number of aliphatic carboxylic acids is 1. The molecular formula is C34H62N2O5. The Bertz CT molecular complexity index is 707. The summed E-state index contributed by atoms with van der Waals surface area (Å²) in [5.74, 6) is -1.36. The average molecular weight is 579 g/mol. The van der Waals surface area contributed by atoms with Gasteiger partial charge >= 0.3 is 11.9 Å². The molecule has 4 N–H and O–H groups in total. The Morgan fingerprint density at radius 1 is 0.732 bits per heavy atom. The van der Waals surface area contributed by atoms with Crippen LogP contribution in [0, 0.1) is 0 Å². The molecule has 2 unspecified atom stereocenters. The Labute approximate surface area is 251 Å². The van der Waals surface area contributed by atoms with Gasteiger partial charge in [-0.25, -0.2) is 4.79 Å². The van der Waals surface area contributed by atoms with E-state index < -0.39 is 12.0 Å². The normalized spacial score (nSPS) is 13.0. The molecule has 0 aliphatic rings. The molecule has 0 radical (unpaired) electrons.